The van der Waals surface area contributed by atoms with E-state index in [1.807, 2.05) is 20.8 Å². The molecule has 0 saturated heterocycles. The number of ether oxygens (including phenoxy) is 1. The van der Waals surface area contributed by atoms with Gasteiger partial charge in [-0.05, 0) is 46.2 Å². The fraction of sp³-hybridized carbons (Fsp3) is 0.500. The predicted molar refractivity (Wildman–Crippen MR) is 80.7 cm³/mol. The molecule has 1 aromatic rings. The van der Waals surface area contributed by atoms with Crippen LogP contribution in [0.4, 0.5) is 0 Å². The van der Waals surface area contributed by atoms with Crippen molar-refractivity contribution in [3.63, 3.8) is 0 Å². The minimum absolute atomic E-state index is 0.0596. The molecule has 116 valence electrons. The van der Waals surface area contributed by atoms with Crippen LogP contribution >= 0.6 is 0 Å². The molecule has 0 radical (unpaired) electrons. The first-order chi connectivity index (χ1) is 9.66. The van der Waals surface area contributed by atoms with Gasteiger partial charge in [-0.3, -0.25) is 4.79 Å². The fourth-order valence-electron chi connectivity index (χ4n) is 1.68. The van der Waals surface area contributed by atoms with Gasteiger partial charge in [0, 0.05) is 5.54 Å². The first kappa shape index (κ1) is 17.0. The predicted octanol–water partition coefficient (Wildman–Crippen LogP) is 2.77. The van der Waals surface area contributed by atoms with Gasteiger partial charge in [-0.2, -0.15) is 0 Å². The van der Waals surface area contributed by atoms with Crippen LogP contribution in [-0.2, 0) is 4.79 Å². The van der Waals surface area contributed by atoms with Crippen molar-refractivity contribution in [3.05, 3.63) is 29.3 Å². The maximum atomic E-state index is 12.1. The van der Waals surface area contributed by atoms with E-state index >= 15 is 0 Å². The molecule has 0 saturated carbocycles. The highest BCUT2D eigenvalue weighted by Gasteiger charge is 2.24. The number of carbonyl (C=O) groups is 2. The summed E-state index contributed by atoms with van der Waals surface area (Å²) in [5.74, 6) is -1.14. The third-order valence-electron chi connectivity index (χ3n) is 3.38. The molecular weight excluding hydrogens is 270 g/mol. The lowest BCUT2D eigenvalue weighted by atomic mass is 10.0. The number of rotatable bonds is 6. The number of carboxylic acids is 1. The van der Waals surface area contributed by atoms with Crippen molar-refractivity contribution in [2.24, 2.45) is 0 Å². The second-order valence-corrected chi connectivity index (χ2v) is 5.79. The van der Waals surface area contributed by atoms with Gasteiger partial charge in [0.15, 0.2) is 6.10 Å². The summed E-state index contributed by atoms with van der Waals surface area (Å²) in [5, 5.41) is 12.1. The Morgan fingerprint density at radius 2 is 2.00 bits per heavy atom. The van der Waals surface area contributed by atoms with E-state index in [2.05, 4.69) is 5.32 Å². The summed E-state index contributed by atoms with van der Waals surface area (Å²) < 4.78 is 5.52. The van der Waals surface area contributed by atoms with Crippen molar-refractivity contribution in [3.8, 4) is 5.75 Å². The number of hydrogen-bond donors (Lipinski definition) is 2. The number of nitrogens with one attached hydrogen (secondary N) is 1. The van der Waals surface area contributed by atoms with E-state index < -0.39 is 12.1 Å². The van der Waals surface area contributed by atoms with E-state index in [-0.39, 0.29) is 22.8 Å². The zero-order valence-electron chi connectivity index (χ0n) is 13.2. The number of aromatic carboxylic acids is 1. The Labute approximate surface area is 125 Å². The Bertz CT molecular complexity index is 537. The molecule has 1 aromatic carbocycles. The average molecular weight is 293 g/mol. The summed E-state index contributed by atoms with van der Waals surface area (Å²) >= 11 is 0. The molecule has 0 bridgehead atoms. The maximum Gasteiger partial charge on any atom is 0.339 e. The second-order valence-electron chi connectivity index (χ2n) is 5.79. The van der Waals surface area contributed by atoms with Crippen LogP contribution in [-0.4, -0.2) is 28.6 Å². The lowest BCUT2D eigenvalue weighted by Crippen LogP contribution is -2.48. The van der Waals surface area contributed by atoms with Gasteiger partial charge in [0.2, 0.25) is 0 Å². The minimum atomic E-state index is -1.07. The highest BCUT2D eigenvalue weighted by Crippen LogP contribution is 2.21. The highest BCUT2D eigenvalue weighted by molar-refractivity contribution is 5.91. The summed E-state index contributed by atoms with van der Waals surface area (Å²) in [6.07, 6.45) is 0.0211. The topological polar surface area (TPSA) is 75.6 Å². The number of hydrogen-bond acceptors (Lipinski definition) is 3. The fourth-order valence-corrected chi connectivity index (χ4v) is 1.68. The van der Waals surface area contributed by atoms with Crippen molar-refractivity contribution in [1.29, 1.82) is 0 Å². The van der Waals surface area contributed by atoms with Crippen LogP contribution in [0.3, 0.4) is 0 Å². The van der Waals surface area contributed by atoms with Crippen LogP contribution in [0.5, 0.6) is 5.75 Å². The van der Waals surface area contributed by atoms with Gasteiger partial charge in [0.25, 0.3) is 5.91 Å². The van der Waals surface area contributed by atoms with Crippen molar-refractivity contribution in [2.75, 3.05) is 0 Å². The molecule has 1 unspecified atom stereocenters. The Hall–Kier alpha value is -2.04. The van der Waals surface area contributed by atoms with Gasteiger partial charge in [-0.25, -0.2) is 4.79 Å². The average Bonchev–Trinajstić information content (AvgIpc) is 2.40. The number of aryl methyl sites for hydroxylation is 1. The second kappa shape index (κ2) is 6.61. The standard InChI is InChI=1S/C16H23NO4/c1-6-16(4,5)17-14(18)11(3)21-13-8-7-10(2)9-12(13)15(19)20/h7-9,11H,6H2,1-5H3,(H,17,18)(H,19,20). The van der Waals surface area contributed by atoms with E-state index in [0.29, 0.717) is 0 Å². The summed E-state index contributed by atoms with van der Waals surface area (Å²) in [6.45, 7) is 9.23. The first-order valence-electron chi connectivity index (χ1n) is 6.99. The van der Waals surface area contributed by atoms with Gasteiger partial charge in [0.05, 0.1) is 0 Å². The van der Waals surface area contributed by atoms with Gasteiger partial charge in [0.1, 0.15) is 11.3 Å². The molecule has 5 nitrogen and oxygen atoms in total. The molecule has 0 aliphatic rings. The quantitative estimate of drug-likeness (QED) is 0.845. The van der Waals surface area contributed by atoms with E-state index in [4.69, 9.17) is 4.74 Å². The van der Waals surface area contributed by atoms with E-state index in [0.717, 1.165) is 12.0 Å². The molecule has 1 rings (SSSR count). The van der Waals surface area contributed by atoms with Crippen molar-refractivity contribution < 1.29 is 19.4 Å². The van der Waals surface area contributed by atoms with Crippen LogP contribution in [0, 0.1) is 6.92 Å². The van der Waals surface area contributed by atoms with Gasteiger partial charge in [-0.15, -0.1) is 0 Å². The Balaban J connectivity index is 2.86. The molecule has 0 heterocycles. The number of carboxylic acid groups (broad SMARTS) is 1. The molecule has 0 aromatic heterocycles. The van der Waals surface area contributed by atoms with Crippen LogP contribution in [0.2, 0.25) is 0 Å². The van der Waals surface area contributed by atoms with Crippen LogP contribution in [0.1, 0.15) is 50.0 Å². The molecule has 1 atom stereocenters. The lowest BCUT2D eigenvalue weighted by Gasteiger charge is -2.26. The summed E-state index contributed by atoms with van der Waals surface area (Å²) in [5.41, 5.74) is 0.561. The first-order valence-corrected chi connectivity index (χ1v) is 6.99. The molecular formula is C16H23NO4. The monoisotopic (exact) mass is 293 g/mol. The van der Waals surface area contributed by atoms with Crippen LogP contribution in [0.15, 0.2) is 18.2 Å². The number of amides is 1. The van der Waals surface area contributed by atoms with Gasteiger partial charge >= 0.3 is 5.97 Å². The highest BCUT2D eigenvalue weighted by atomic mass is 16.5. The smallest absolute Gasteiger partial charge is 0.339 e. The van der Waals surface area contributed by atoms with Crippen LogP contribution in [0.25, 0.3) is 0 Å². The van der Waals surface area contributed by atoms with Crippen LogP contribution < -0.4 is 10.1 Å². The summed E-state index contributed by atoms with van der Waals surface area (Å²) in [4.78, 5) is 23.3. The third-order valence-corrected chi connectivity index (χ3v) is 3.38. The molecule has 5 heteroatoms. The Morgan fingerprint density at radius 3 is 2.52 bits per heavy atom. The largest absolute Gasteiger partial charge is 0.480 e. The van der Waals surface area contributed by atoms with E-state index in [9.17, 15) is 14.7 Å². The summed E-state index contributed by atoms with van der Waals surface area (Å²) in [6, 6.07) is 4.86. The van der Waals surface area contributed by atoms with Crippen molar-refractivity contribution >= 4 is 11.9 Å². The molecule has 0 fully saturated rings. The molecule has 2 N–H and O–H groups in total. The molecule has 0 spiro atoms. The number of carbonyl (C=O) groups excluding carboxylic acids is 1. The maximum absolute atomic E-state index is 12.1. The van der Waals surface area contributed by atoms with Crippen molar-refractivity contribution in [2.45, 2.75) is 52.7 Å². The van der Waals surface area contributed by atoms with Gasteiger partial charge in [-0.1, -0.05) is 18.6 Å². The molecule has 0 aliphatic carbocycles. The summed E-state index contributed by atoms with van der Waals surface area (Å²) in [7, 11) is 0. The van der Waals surface area contributed by atoms with Crippen molar-refractivity contribution in [1.82, 2.24) is 5.32 Å². The molecule has 0 aliphatic heterocycles. The zero-order chi connectivity index (χ0) is 16.2. The normalized spacial score (nSPS) is 12.6. The van der Waals surface area contributed by atoms with Gasteiger partial charge < -0.3 is 15.2 Å². The Morgan fingerprint density at radius 1 is 1.38 bits per heavy atom. The number of benzene rings is 1. The molecule has 1 amide bonds. The SMILES string of the molecule is CCC(C)(C)NC(=O)C(C)Oc1ccc(C)cc1C(=O)O. The van der Waals surface area contributed by atoms with E-state index in [1.54, 1.807) is 26.0 Å². The zero-order valence-corrected chi connectivity index (χ0v) is 13.2. The van der Waals surface area contributed by atoms with E-state index in [1.165, 1.54) is 6.07 Å². The Kier molecular flexibility index (Phi) is 5.35. The minimum Gasteiger partial charge on any atom is -0.480 e. The lowest BCUT2D eigenvalue weighted by molar-refractivity contribution is -0.129. The third kappa shape index (κ3) is 4.77. The molecule has 21 heavy (non-hydrogen) atoms.